The third kappa shape index (κ3) is 2.46. The van der Waals surface area contributed by atoms with E-state index in [0.717, 1.165) is 27.1 Å². The molecule has 1 aromatic carbocycles. The SMILES string of the molecule is Cc1ccc(C(=O)Nc2c(C)n[nH]c2C)cc1Br. The van der Waals surface area contributed by atoms with Gasteiger partial charge < -0.3 is 5.32 Å². The summed E-state index contributed by atoms with van der Waals surface area (Å²) in [7, 11) is 0. The normalized spacial score (nSPS) is 10.4. The van der Waals surface area contributed by atoms with E-state index in [1.54, 1.807) is 6.07 Å². The predicted molar refractivity (Wildman–Crippen MR) is 74.9 cm³/mol. The number of anilines is 1. The second-order valence-electron chi connectivity index (χ2n) is 4.23. The standard InChI is InChI=1S/C13H14BrN3O/c1-7-4-5-10(6-11(7)14)13(18)15-12-8(2)16-17-9(12)3/h4-6H,1-3H3,(H,15,18)(H,16,17). The smallest absolute Gasteiger partial charge is 0.255 e. The van der Waals surface area contributed by atoms with Crippen LogP contribution in [-0.4, -0.2) is 16.1 Å². The number of hydrogen-bond donors (Lipinski definition) is 2. The number of carbonyl (C=O) groups excluding carboxylic acids is 1. The molecule has 0 aliphatic carbocycles. The van der Waals surface area contributed by atoms with Crippen molar-refractivity contribution in [3.05, 3.63) is 45.2 Å². The van der Waals surface area contributed by atoms with Crippen LogP contribution < -0.4 is 5.32 Å². The molecule has 5 heteroatoms. The number of aromatic amines is 1. The number of rotatable bonds is 2. The van der Waals surface area contributed by atoms with Gasteiger partial charge in [0.05, 0.1) is 17.1 Å². The van der Waals surface area contributed by atoms with Crippen LogP contribution in [0, 0.1) is 20.8 Å². The molecule has 4 nitrogen and oxygen atoms in total. The number of nitrogens with zero attached hydrogens (tertiary/aromatic N) is 1. The number of halogens is 1. The predicted octanol–water partition coefficient (Wildman–Crippen LogP) is 3.35. The summed E-state index contributed by atoms with van der Waals surface area (Å²) < 4.78 is 0.927. The van der Waals surface area contributed by atoms with Gasteiger partial charge in [0.15, 0.2) is 0 Å². The summed E-state index contributed by atoms with van der Waals surface area (Å²) in [4.78, 5) is 12.1. The minimum absolute atomic E-state index is 0.136. The molecule has 0 saturated heterocycles. The lowest BCUT2D eigenvalue weighted by molar-refractivity contribution is 0.102. The van der Waals surface area contributed by atoms with Crippen molar-refractivity contribution in [3.8, 4) is 0 Å². The van der Waals surface area contributed by atoms with E-state index in [0.29, 0.717) is 5.56 Å². The lowest BCUT2D eigenvalue weighted by Crippen LogP contribution is -2.13. The fourth-order valence-electron chi connectivity index (χ4n) is 1.65. The van der Waals surface area contributed by atoms with Crippen LogP contribution >= 0.6 is 15.9 Å². The molecule has 0 saturated carbocycles. The van der Waals surface area contributed by atoms with E-state index in [1.165, 1.54) is 0 Å². The van der Waals surface area contributed by atoms with Crippen molar-refractivity contribution in [3.63, 3.8) is 0 Å². The van der Waals surface area contributed by atoms with E-state index in [4.69, 9.17) is 0 Å². The molecule has 18 heavy (non-hydrogen) atoms. The van der Waals surface area contributed by atoms with E-state index >= 15 is 0 Å². The Kier molecular flexibility index (Phi) is 3.52. The molecule has 0 aliphatic heterocycles. The van der Waals surface area contributed by atoms with Crippen molar-refractivity contribution in [2.75, 3.05) is 5.32 Å². The van der Waals surface area contributed by atoms with Gasteiger partial charge in [0.25, 0.3) is 5.91 Å². The molecule has 0 atom stereocenters. The first-order chi connectivity index (χ1) is 8.49. The number of H-pyrrole nitrogens is 1. The highest BCUT2D eigenvalue weighted by Crippen LogP contribution is 2.20. The zero-order valence-electron chi connectivity index (χ0n) is 10.5. The van der Waals surface area contributed by atoms with E-state index in [-0.39, 0.29) is 5.91 Å². The highest BCUT2D eigenvalue weighted by atomic mass is 79.9. The number of carbonyl (C=O) groups is 1. The summed E-state index contributed by atoms with van der Waals surface area (Å²) in [6.45, 7) is 5.71. The first-order valence-electron chi connectivity index (χ1n) is 5.58. The van der Waals surface area contributed by atoms with E-state index < -0.39 is 0 Å². The quantitative estimate of drug-likeness (QED) is 0.894. The van der Waals surface area contributed by atoms with Crippen molar-refractivity contribution in [2.24, 2.45) is 0 Å². The van der Waals surface area contributed by atoms with Crippen molar-refractivity contribution in [2.45, 2.75) is 20.8 Å². The van der Waals surface area contributed by atoms with Crippen LogP contribution in [0.3, 0.4) is 0 Å². The molecule has 2 aromatic rings. The molecule has 0 aliphatic rings. The summed E-state index contributed by atoms with van der Waals surface area (Å²) in [5.74, 6) is -0.136. The van der Waals surface area contributed by atoms with Gasteiger partial charge in [0.1, 0.15) is 0 Å². The van der Waals surface area contributed by atoms with Crippen molar-refractivity contribution >= 4 is 27.5 Å². The zero-order chi connectivity index (χ0) is 13.3. The third-order valence-electron chi connectivity index (χ3n) is 2.80. The summed E-state index contributed by atoms with van der Waals surface area (Å²) in [6, 6.07) is 5.53. The molecule has 2 rings (SSSR count). The van der Waals surface area contributed by atoms with Crippen molar-refractivity contribution < 1.29 is 4.79 Å². The first-order valence-corrected chi connectivity index (χ1v) is 6.37. The molecule has 1 heterocycles. The van der Waals surface area contributed by atoms with Crippen molar-refractivity contribution in [1.29, 1.82) is 0 Å². The molecule has 0 bridgehead atoms. The van der Waals surface area contributed by atoms with Crippen LogP contribution in [0.1, 0.15) is 27.3 Å². The Balaban J connectivity index is 2.25. The second-order valence-corrected chi connectivity index (χ2v) is 5.08. The van der Waals surface area contributed by atoms with Gasteiger partial charge >= 0.3 is 0 Å². The van der Waals surface area contributed by atoms with Gasteiger partial charge in [-0.05, 0) is 38.5 Å². The van der Waals surface area contributed by atoms with Crippen LogP contribution in [0.25, 0.3) is 0 Å². The molecule has 1 aromatic heterocycles. The van der Waals surface area contributed by atoms with Gasteiger partial charge in [-0.3, -0.25) is 9.89 Å². The average molecular weight is 308 g/mol. The minimum atomic E-state index is -0.136. The Morgan fingerprint density at radius 3 is 2.61 bits per heavy atom. The van der Waals surface area contributed by atoms with Crippen LogP contribution in [0.4, 0.5) is 5.69 Å². The first kappa shape index (κ1) is 12.8. The summed E-state index contributed by atoms with van der Waals surface area (Å²) >= 11 is 3.42. The summed E-state index contributed by atoms with van der Waals surface area (Å²) in [6.07, 6.45) is 0. The lowest BCUT2D eigenvalue weighted by Gasteiger charge is -2.06. The molecule has 0 fully saturated rings. The fraction of sp³-hybridized carbons (Fsp3) is 0.231. The summed E-state index contributed by atoms with van der Waals surface area (Å²) in [5, 5.41) is 9.75. The molecular formula is C13H14BrN3O. The number of nitrogens with one attached hydrogen (secondary N) is 2. The van der Waals surface area contributed by atoms with Crippen molar-refractivity contribution in [1.82, 2.24) is 10.2 Å². The maximum absolute atomic E-state index is 12.1. The number of aromatic nitrogens is 2. The maximum atomic E-state index is 12.1. The van der Waals surface area contributed by atoms with Gasteiger partial charge in [0.2, 0.25) is 0 Å². The Bertz CT molecular complexity index is 585. The average Bonchev–Trinajstić information content (AvgIpc) is 2.64. The molecule has 0 radical (unpaired) electrons. The fourth-order valence-corrected chi connectivity index (χ4v) is 2.03. The minimum Gasteiger partial charge on any atom is -0.319 e. The van der Waals surface area contributed by atoms with Gasteiger partial charge in [-0.2, -0.15) is 5.10 Å². The summed E-state index contributed by atoms with van der Waals surface area (Å²) in [5.41, 5.74) is 4.10. The van der Waals surface area contributed by atoms with Crippen LogP contribution in [0.2, 0.25) is 0 Å². The Morgan fingerprint density at radius 2 is 2.06 bits per heavy atom. The Morgan fingerprint density at radius 1 is 1.33 bits per heavy atom. The molecular weight excluding hydrogens is 294 g/mol. The molecule has 0 unspecified atom stereocenters. The van der Waals surface area contributed by atoms with Crippen LogP contribution in [0.5, 0.6) is 0 Å². The number of hydrogen-bond acceptors (Lipinski definition) is 2. The van der Waals surface area contributed by atoms with E-state index in [1.807, 2.05) is 32.9 Å². The maximum Gasteiger partial charge on any atom is 0.255 e. The number of benzene rings is 1. The zero-order valence-corrected chi connectivity index (χ0v) is 12.1. The molecule has 1 amide bonds. The highest BCUT2D eigenvalue weighted by Gasteiger charge is 2.12. The molecule has 0 spiro atoms. The monoisotopic (exact) mass is 307 g/mol. The highest BCUT2D eigenvalue weighted by molar-refractivity contribution is 9.10. The van der Waals surface area contributed by atoms with Gasteiger partial charge in [0, 0.05) is 10.0 Å². The van der Waals surface area contributed by atoms with E-state index in [2.05, 4.69) is 31.4 Å². The van der Waals surface area contributed by atoms with Gasteiger partial charge in [-0.15, -0.1) is 0 Å². The molecule has 94 valence electrons. The van der Waals surface area contributed by atoms with Gasteiger partial charge in [-0.1, -0.05) is 22.0 Å². The number of aryl methyl sites for hydroxylation is 3. The van der Waals surface area contributed by atoms with Crippen LogP contribution in [-0.2, 0) is 0 Å². The Labute approximate surface area is 114 Å². The van der Waals surface area contributed by atoms with E-state index in [9.17, 15) is 4.79 Å². The lowest BCUT2D eigenvalue weighted by atomic mass is 10.1. The Hall–Kier alpha value is -1.62. The molecule has 2 N–H and O–H groups in total. The van der Waals surface area contributed by atoms with Gasteiger partial charge in [-0.25, -0.2) is 0 Å². The second kappa shape index (κ2) is 4.94. The van der Waals surface area contributed by atoms with Crippen LogP contribution in [0.15, 0.2) is 22.7 Å². The number of amides is 1. The third-order valence-corrected chi connectivity index (χ3v) is 3.66. The topological polar surface area (TPSA) is 57.8 Å². The largest absolute Gasteiger partial charge is 0.319 e.